The van der Waals surface area contributed by atoms with Crippen LogP contribution in [0.3, 0.4) is 0 Å². The molecule has 6 heteroatoms. The zero-order chi connectivity index (χ0) is 13.0. The van der Waals surface area contributed by atoms with Crippen molar-refractivity contribution in [1.29, 1.82) is 0 Å². The van der Waals surface area contributed by atoms with Crippen LogP contribution in [0.5, 0.6) is 0 Å². The molecule has 1 aromatic rings. The molecule has 1 aliphatic heterocycles. The third-order valence-corrected chi connectivity index (χ3v) is 4.35. The fourth-order valence-electron chi connectivity index (χ4n) is 2.12. The van der Waals surface area contributed by atoms with Gasteiger partial charge in [0.25, 0.3) is 5.91 Å². The van der Waals surface area contributed by atoms with Crippen molar-refractivity contribution < 1.29 is 4.79 Å². The van der Waals surface area contributed by atoms with Crippen molar-refractivity contribution in [2.75, 3.05) is 19.6 Å². The number of amides is 1. The predicted molar refractivity (Wildman–Crippen MR) is 89.3 cm³/mol. The molecule has 1 unspecified atom stereocenters. The first-order chi connectivity index (χ1) is 8.66. The Bertz CT molecular complexity index is 437. The Hall–Kier alpha value is -0.0400. The van der Waals surface area contributed by atoms with Crippen LogP contribution in [0.4, 0.5) is 0 Å². The largest absolute Gasteiger partial charge is 0.352 e. The Kier molecular flexibility index (Phi) is 7.42. The first kappa shape index (κ1) is 17.0. The van der Waals surface area contributed by atoms with E-state index in [1.807, 2.05) is 6.07 Å². The average Bonchev–Trinajstić information content (AvgIpc) is 2.85. The van der Waals surface area contributed by atoms with E-state index >= 15 is 0 Å². The second kappa shape index (κ2) is 8.29. The zero-order valence-electron chi connectivity index (χ0n) is 10.4. The summed E-state index contributed by atoms with van der Waals surface area (Å²) in [6, 6.07) is 5.37. The van der Waals surface area contributed by atoms with Crippen LogP contribution in [0.1, 0.15) is 23.2 Å². The fraction of sp³-hybridized carbons (Fsp3) is 0.462. The molecule has 0 aliphatic carbocycles. The molecule has 0 radical (unpaired) electrons. The van der Waals surface area contributed by atoms with Crippen LogP contribution in [-0.2, 0) is 0 Å². The van der Waals surface area contributed by atoms with Crippen LogP contribution < -0.4 is 10.6 Å². The van der Waals surface area contributed by atoms with Crippen molar-refractivity contribution in [2.24, 2.45) is 5.92 Å². The van der Waals surface area contributed by atoms with Gasteiger partial charge in [-0.15, -0.1) is 12.4 Å². The van der Waals surface area contributed by atoms with E-state index in [9.17, 15) is 4.79 Å². The quantitative estimate of drug-likeness (QED) is 0.743. The Morgan fingerprint density at radius 3 is 3.00 bits per heavy atom. The van der Waals surface area contributed by atoms with Gasteiger partial charge in [0.2, 0.25) is 0 Å². The van der Waals surface area contributed by atoms with E-state index in [1.165, 1.54) is 6.42 Å². The highest BCUT2D eigenvalue weighted by Gasteiger charge is 2.15. The van der Waals surface area contributed by atoms with Gasteiger partial charge in [-0.3, -0.25) is 4.79 Å². The minimum absolute atomic E-state index is 0. The fourth-order valence-corrected chi connectivity index (χ4v) is 2.87. The molecule has 0 bridgehead atoms. The Labute approximate surface area is 138 Å². The number of nitrogens with one attached hydrogen (secondary N) is 2. The predicted octanol–water partition coefficient (Wildman–Crippen LogP) is 3.10. The minimum atomic E-state index is -0.0344. The van der Waals surface area contributed by atoms with Gasteiger partial charge in [0.05, 0.1) is 5.56 Å². The maximum atomic E-state index is 12.0. The van der Waals surface area contributed by atoms with Crippen molar-refractivity contribution in [3.8, 4) is 0 Å². The monoisotopic (exact) mass is 414 g/mol. The van der Waals surface area contributed by atoms with Gasteiger partial charge in [0.15, 0.2) is 0 Å². The summed E-state index contributed by atoms with van der Waals surface area (Å²) in [4.78, 5) is 12.0. The summed E-state index contributed by atoms with van der Waals surface area (Å²) in [5, 5.41) is 6.89. The van der Waals surface area contributed by atoms with Crippen molar-refractivity contribution in [2.45, 2.75) is 12.8 Å². The van der Waals surface area contributed by atoms with Gasteiger partial charge < -0.3 is 10.6 Å². The maximum absolute atomic E-state index is 12.0. The molecule has 0 spiro atoms. The highest BCUT2D eigenvalue weighted by molar-refractivity contribution is 14.1. The van der Waals surface area contributed by atoms with Crippen LogP contribution >= 0.6 is 46.6 Å². The molecule has 1 aliphatic rings. The lowest BCUT2D eigenvalue weighted by molar-refractivity contribution is 0.0951. The van der Waals surface area contributed by atoms with Gasteiger partial charge in [-0.25, -0.2) is 0 Å². The number of carbonyl (C=O) groups is 1. The number of halogens is 3. The van der Waals surface area contributed by atoms with Crippen molar-refractivity contribution in [1.82, 2.24) is 10.6 Å². The maximum Gasteiger partial charge on any atom is 0.252 e. The molecule has 1 heterocycles. The van der Waals surface area contributed by atoms with E-state index < -0.39 is 0 Å². The third kappa shape index (κ3) is 5.10. The van der Waals surface area contributed by atoms with Crippen LogP contribution in [0.15, 0.2) is 18.2 Å². The lowest BCUT2D eigenvalue weighted by atomic mass is 10.1. The summed E-state index contributed by atoms with van der Waals surface area (Å²) >= 11 is 8.06. The van der Waals surface area contributed by atoms with Gasteiger partial charge >= 0.3 is 0 Å². The molecule has 1 saturated heterocycles. The van der Waals surface area contributed by atoms with E-state index in [2.05, 4.69) is 33.2 Å². The summed E-state index contributed by atoms with van der Waals surface area (Å²) in [7, 11) is 0. The van der Waals surface area contributed by atoms with Gasteiger partial charge in [-0.1, -0.05) is 11.6 Å². The van der Waals surface area contributed by atoms with Crippen molar-refractivity contribution >= 4 is 52.5 Å². The highest BCUT2D eigenvalue weighted by Crippen LogP contribution is 2.18. The Morgan fingerprint density at radius 1 is 1.53 bits per heavy atom. The molecule has 2 N–H and O–H groups in total. The molecule has 106 valence electrons. The summed E-state index contributed by atoms with van der Waals surface area (Å²) in [6.07, 6.45) is 2.25. The first-order valence-corrected chi connectivity index (χ1v) is 7.56. The highest BCUT2D eigenvalue weighted by atomic mass is 127. The number of rotatable bonds is 4. The van der Waals surface area contributed by atoms with Crippen molar-refractivity contribution in [3.63, 3.8) is 0 Å². The van der Waals surface area contributed by atoms with E-state index in [4.69, 9.17) is 11.6 Å². The SMILES string of the molecule is Cl.O=C(NCCC1CCNC1)c1cc(Cl)ccc1I. The lowest BCUT2D eigenvalue weighted by Crippen LogP contribution is -2.27. The molecular weight excluding hydrogens is 398 g/mol. The summed E-state index contributed by atoms with van der Waals surface area (Å²) < 4.78 is 0.928. The van der Waals surface area contributed by atoms with Gasteiger partial charge in [0, 0.05) is 15.1 Å². The van der Waals surface area contributed by atoms with E-state index in [0.29, 0.717) is 16.5 Å². The van der Waals surface area contributed by atoms with Crippen LogP contribution in [0, 0.1) is 9.49 Å². The normalized spacial score (nSPS) is 17.9. The molecule has 1 fully saturated rings. The first-order valence-electron chi connectivity index (χ1n) is 6.11. The van der Waals surface area contributed by atoms with E-state index in [-0.39, 0.29) is 18.3 Å². The van der Waals surface area contributed by atoms with Crippen LogP contribution in [0.2, 0.25) is 5.02 Å². The second-order valence-electron chi connectivity index (χ2n) is 4.53. The Morgan fingerprint density at radius 2 is 2.32 bits per heavy atom. The molecule has 0 saturated carbocycles. The third-order valence-electron chi connectivity index (χ3n) is 3.17. The Balaban J connectivity index is 0.00000180. The molecular formula is C13H17Cl2IN2O. The van der Waals surface area contributed by atoms with E-state index in [0.717, 1.165) is 29.6 Å². The number of hydrogen-bond acceptors (Lipinski definition) is 2. The van der Waals surface area contributed by atoms with Gasteiger partial charge in [-0.05, 0) is 72.6 Å². The molecule has 1 amide bonds. The molecule has 1 atom stereocenters. The summed E-state index contributed by atoms with van der Waals surface area (Å²) in [5.74, 6) is 0.664. The molecule has 0 aromatic heterocycles. The molecule has 19 heavy (non-hydrogen) atoms. The van der Waals surface area contributed by atoms with Gasteiger partial charge in [-0.2, -0.15) is 0 Å². The van der Waals surface area contributed by atoms with Crippen LogP contribution in [-0.4, -0.2) is 25.5 Å². The van der Waals surface area contributed by atoms with Crippen LogP contribution in [0.25, 0.3) is 0 Å². The van der Waals surface area contributed by atoms with E-state index in [1.54, 1.807) is 12.1 Å². The summed E-state index contributed by atoms with van der Waals surface area (Å²) in [5.41, 5.74) is 0.660. The smallest absolute Gasteiger partial charge is 0.252 e. The molecule has 3 nitrogen and oxygen atoms in total. The average molecular weight is 415 g/mol. The number of benzene rings is 1. The topological polar surface area (TPSA) is 41.1 Å². The molecule has 2 rings (SSSR count). The number of hydrogen-bond donors (Lipinski definition) is 2. The van der Waals surface area contributed by atoms with Crippen molar-refractivity contribution in [3.05, 3.63) is 32.4 Å². The molecule has 1 aromatic carbocycles. The standard InChI is InChI=1S/C13H16ClIN2O.ClH/c14-10-1-2-12(15)11(7-10)13(18)17-6-4-9-3-5-16-8-9;/h1-2,7,9,16H,3-6,8H2,(H,17,18);1H. The lowest BCUT2D eigenvalue weighted by Gasteiger charge is -2.10. The summed E-state index contributed by atoms with van der Waals surface area (Å²) in [6.45, 7) is 2.91. The zero-order valence-corrected chi connectivity index (χ0v) is 14.1. The minimum Gasteiger partial charge on any atom is -0.352 e. The van der Waals surface area contributed by atoms with Gasteiger partial charge in [0.1, 0.15) is 0 Å². The number of carbonyl (C=O) groups excluding carboxylic acids is 1. The second-order valence-corrected chi connectivity index (χ2v) is 6.13.